The van der Waals surface area contributed by atoms with Crippen molar-refractivity contribution in [3.63, 3.8) is 0 Å². The van der Waals surface area contributed by atoms with Gasteiger partial charge in [-0.3, -0.25) is 4.79 Å². The van der Waals surface area contributed by atoms with Gasteiger partial charge in [-0.15, -0.1) is 0 Å². The lowest BCUT2D eigenvalue weighted by atomic mass is 9.60. The lowest BCUT2D eigenvalue weighted by molar-refractivity contribution is -0.123. The third-order valence-electron chi connectivity index (χ3n) is 6.73. The Morgan fingerprint density at radius 2 is 1.89 bits per heavy atom. The van der Waals surface area contributed by atoms with Crippen molar-refractivity contribution in [3.8, 4) is 11.8 Å². The molecule has 0 bridgehead atoms. The number of Topliss-reactive ketones (excluding diaryl/α,β-unsaturated/α-hetero) is 1. The van der Waals surface area contributed by atoms with Gasteiger partial charge in [0, 0.05) is 12.8 Å². The molecule has 2 saturated carbocycles. The first-order valence-corrected chi connectivity index (χ1v) is 10.8. The van der Waals surface area contributed by atoms with Crippen LogP contribution in [-0.2, 0) is 4.79 Å². The molecule has 146 valence electrons. The molecule has 2 aliphatic rings. The second kappa shape index (κ2) is 9.40. The van der Waals surface area contributed by atoms with E-state index in [0.29, 0.717) is 24.5 Å². The fraction of sp³-hybridized carbons (Fsp3) is 0.667. The van der Waals surface area contributed by atoms with Gasteiger partial charge in [0.15, 0.2) is 0 Å². The number of carbonyl (C=O) groups excluding carboxylic acids is 1. The zero-order chi connectivity index (χ0) is 19.1. The lowest BCUT2D eigenvalue weighted by Gasteiger charge is -2.42. The summed E-state index contributed by atoms with van der Waals surface area (Å²) in [6.45, 7) is 2.99. The average molecular weight is 368 g/mol. The van der Waals surface area contributed by atoms with Crippen LogP contribution in [0.3, 0.4) is 0 Å². The van der Waals surface area contributed by atoms with E-state index < -0.39 is 0 Å². The predicted octanol–water partition coefficient (Wildman–Crippen LogP) is 6.18. The Balaban J connectivity index is 1.55. The molecule has 1 aromatic rings. The molecular formula is C24H33NO2. The van der Waals surface area contributed by atoms with E-state index in [-0.39, 0.29) is 11.3 Å². The summed E-state index contributed by atoms with van der Waals surface area (Å²) in [7, 11) is 0. The molecule has 3 nitrogen and oxygen atoms in total. The molecule has 3 rings (SSSR count). The molecule has 1 aromatic carbocycles. The Kier molecular flexibility index (Phi) is 6.94. The molecule has 0 aliphatic heterocycles. The summed E-state index contributed by atoms with van der Waals surface area (Å²) < 4.78 is 5.82. The van der Waals surface area contributed by atoms with E-state index in [1.54, 1.807) is 0 Å². The lowest BCUT2D eigenvalue weighted by Crippen LogP contribution is -2.36. The SMILES string of the molecule is CCCCCOc1ccc([C@H]2CC[C@@](C#N)([C@@H]3CCCC(=O)C3)CC2)cc1. The first kappa shape index (κ1) is 19.9. The molecule has 0 N–H and O–H groups in total. The monoisotopic (exact) mass is 367 g/mol. The number of nitrogens with zero attached hydrogens (tertiary/aromatic N) is 1. The van der Waals surface area contributed by atoms with Crippen LogP contribution in [-0.4, -0.2) is 12.4 Å². The minimum atomic E-state index is -0.269. The number of carbonyl (C=O) groups is 1. The van der Waals surface area contributed by atoms with Gasteiger partial charge in [0.1, 0.15) is 11.5 Å². The number of ether oxygens (including phenoxy) is 1. The van der Waals surface area contributed by atoms with Crippen molar-refractivity contribution in [2.75, 3.05) is 6.61 Å². The summed E-state index contributed by atoms with van der Waals surface area (Å²) in [5.41, 5.74) is 1.09. The van der Waals surface area contributed by atoms with E-state index in [2.05, 4.69) is 37.3 Å². The normalized spacial score (nSPS) is 28.5. The van der Waals surface area contributed by atoms with Crippen LogP contribution in [0.15, 0.2) is 24.3 Å². The molecule has 2 fully saturated rings. The number of rotatable bonds is 7. The van der Waals surface area contributed by atoms with Gasteiger partial charge in [-0.25, -0.2) is 0 Å². The highest BCUT2D eigenvalue weighted by molar-refractivity contribution is 5.79. The van der Waals surface area contributed by atoms with Gasteiger partial charge in [-0.1, -0.05) is 31.9 Å². The molecule has 2 aliphatic carbocycles. The highest BCUT2D eigenvalue weighted by Crippen LogP contribution is 2.50. The van der Waals surface area contributed by atoms with E-state index >= 15 is 0 Å². The van der Waals surface area contributed by atoms with Crippen molar-refractivity contribution < 1.29 is 9.53 Å². The highest BCUT2D eigenvalue weighted by Gasteiger charge is 2.43. The van der Waals surface area contributed by atoms with Crippen molar-refractivity contribution in [2.24, 2.45) is 11.3 Å². The van der Waals surface area contributed by atoms with Crippen molar-refractivity contribution in [1.29, 1.82) is 5.26 Å². The summed E-state index contributed by atoms with van der Waals surface area (Å²) in [5, 5.41) is 9.92. The van der Waals surface area contributed by atoms with Gasteiger partial charge < -0.3 is 4.74 Å². The van der Waals surface area contributed by atoms with Crippen molar-refractivity contribution in [3.05, 3.63) is 29.8 Å². The largest absolute Gasteiger partial charge is 0.494 e. The predicted molar refractivity (Wildman–Crippen MR) is 108 cm³/mol. The molecule has 0 unspecified atom stereocenters. The van der Waals surface area contributed by atoms with Gasteiger partial charge in [-0.05, 0) is 74.5 Å². The molecule has 0 amide bonds. The van der Waals surface area contributed by atoms with Gasteiger partial charge in [0.2, 0.25) is 0 Å². The number of nitriles is 1. The Bertz CT molecular complexity index is 650. The summed E-state index contributed by atoms with van der Waals surface area (Å²) >= 11 is 0. The van der Waals surface area contributed by atoms with Crippen LogP contribution in [0, 0.1) is 22.7 Å². The summed E-state index contributed by atoms with van der Waals surface area (Å²) in [6, 6.07) is 11.2. The first-order chi connectivity index (χ1) is 13.2. The van der Waals surface area contributed by atoms with Crippen LogP contribution in [0.2, 0.25) is 0 Å². The third-order valence-corrected chi connectivity index (χ3v) is 6.73. The topological polar surface area (TPSA) is 50.1 Å². The molecule has 0 heterocycles. The maximum absolute atomic E-state index is 11.9. The third kappa shape index (κ3) is 4.92. The molecule has 0 radical (unpaired) electrons. The van der Waals surface area contributed by atoms with Gasteiger partial charge in [0.25, 0.3) is 0 Å². The van der Waals surface area contributed by atoms with Crippen LogP contribution >= 0.6 is 0 Å². The number of unbranched alkanes of at least 4 members (excludes halogenated alkanes) is 2. The Labute approximate surface area is 164 Å². The minimum absolute atomic E-state index is 0.269. The van der Waals surface area contributed by atoms with E-state index in [9.17, 15) is 10.1 Å². The van der Waals surface area contributed by atoms with E-state index in [0.717, 1.165) is 57.3 Å². The fourth-order valence-corrected chi connectivity index (χ4v) is 4.95. The summed E-state index contributed by atoms with van der Waals surface area (Å²) in [6.07, 6.45) is 10.9. The zero-order valence-corrected chi connectivity index (χ0v) is 16.7. The van der Waals surface area contributed by atoms with E-state index in [1.165, 1.54) is 18.4 Å². The van der Waals surface area contributed by atoms with Gasteiger partial charge in [-0.2, -0.15) is 5.26 Å². The molecule has 0 saturated heterocycles. The van der Waals surface area contributed by atoms with Crippen molar-refractivity contribution in [1.82, 2.24) is 0 Å². The fourth-order valence-electron chi connectivity index (χ4n) is 4.95. The van der Waals surface area contributed by atoms with Crippen LogP contribution in [0.5, 0.6) is 5.75 Å². The summed E-state index contributed by atoms with van der Waals surface area (Å²) in [4.78, 5) is 11.9. The summed E-state index contributed by atoms with van der Waals surface area (Å²) in [5.74, 6) is 2.12. The maximum Gasteiger partial charge on any atom is 0.133 e. The van der Waals surface area contributed by atoms with Crippen LogP contribution < -0.4 is 4.74 Å². The van der Waals surface area contributed by atoms with Crippen LogP contribution in [0.25, 0.3) is 0 Å². The van der Waals surface area contributed by atoms with Gasteiger partial charge in [0.05, 0.1) is 18.1 Å². The zero-order valence-electron chi connectivity index (χ0n) is 16.7. The smallest absolute Gasteiger partial charge is 0.133 e. The number of hydrogen-bond acceptors (Lipinski definition) is 3. The first-order valence-electron chi connectivity index (χ1n) is 10.8. The molecule has 27 heavy (non-hydrogen) atoms. The average Bonchev–Trinajstić information content (AvgIpc) is 2.72. The van der Waals surface area contributed by atoms with Crippen LogP contribution in [0.4, 0.5) is 0 Å². The van der Waals surface area contributed by atoms with E-state index in [4.69, 9.17) is 4.74 Å². The molecule has 0 spiro atoms. The Morgan fingerprint density at radius 1 is 1.15 bits per heavy atom. The van der Waals surface area contributed by atoms with Crippen LogP contribution in [0.1, 0.15) is 89.0 Å². The van der Waals surface area contributed by atoms with Gasteiger partial charge >= 0.3 is 0 Å². The quantitative estimate of drug-likeness (QED) is 0.540. The standard InChI is InChI=1S/C24H33NO2/c1-2-3-4-16-27-23-10-8-19(9-11-23)20-12-14-24(18-25,15-13-20)21-6-5-7-22(26)17-21/h8-11,20-21H,2-7,12-17H2,1H3/t20-,21-,24+/m1/s1. The minimum Gasteiger partial charge on any atom is -0.494 e. The number of benzene rings is 1. The van der Waals surface area contributed by atoms with Crippen molar-refractivity contribution >= 4 is 5.78 Å². The molecule has 1 atom stereocenters. The molecular weight excluding hydrogens is 334 g/mol. The Hall–Kier alpha value is -1.82. The Morgan fingerprint density at radius 3 is 2.52 bits per heavy atom. The highest BCUT2D eigenvalue weighted by atomic mass is 16.5. The second-order valence-corrected chi connectivity index (χ2v) is 8.50. The van der Waals surface area contributed by atoms with Crippen molar-refractivity contribution in [2.45, 2.75) is 83.5 Å². The number of ketones is 1. The molecule has 3 heteroatoms. The molecule has 0 aromatic heterocycles. The van der Waals surface area contributed by atoms with E-state index in [1.807, 2.05) is 0 Å². The second-order valence-electron chi connectivity index (χ2n) is 8.50. The maximum atomic E-state index is 11.9. The number of hydrogen-bond donors (Lipinski definition) is 0.